The quantitative estimate of drug-likeness (QED) is 0.814. The number of pyridine rings is 1. The van der Waals surface area contributed by atoms with Crippen molar-refractivity contribution in [3.05, 3.63) is 29.6 Å². The predicted molar refractivity (Wildman–Crippen MR) is 60.5 cm³/mol. The highest BCUT2D eigenvalue weighted by molar-refractivity contribution is 5.77. The van der Waals surface area contributed by atoms with Crippen LogP contribution in [0, 0.1) is 12.8 Å². The van der Waals surface area contributed by atoms with Gasteiger partial charge < -0.3 is 5.32 Å². The van der Waals surface area contributed by atoms with Gasteiger partial charge in [-0.3, -0.25) is 9.78 Å². The normalized spacial score (nSPS) is 10.4. The van der Waals surface area contributed by atoms with E-state index in [0.717, 1.165) is 12.1 Å². The van der Waals surface area contributed by atoms with Gasteiger partial charge in [-0.05, 0) is 18.6 Å². The number of hydrogen-bond donors (Lipinski definition) is 1. The minimum absolute atomic E-state index is 0.0508. The first-order valence-electron chi connectivity index (χ1n) is 5.29. The number of aryl methyl sites for hydroxylation is 1. The summed E-state index contributed by atoms with van der Waals surface area (Å²) in [6, 6.07) is 3.96. The molecule has 82 valence electrons. The summed E-state index contributed by atoms with van der Waals surface area (Å²) in [4.78, 5) is 15.6. The summed E-state index contributed by atoms with van der Waals surface area (Å²) in [5, 5.41) is 2.88. The molecule has 0 saturated heterocycles. The van der Waals surface area contributed by atoms with Gasteiger partial charge in [0.1, 0.15) is 0 Å². The van der Waals surface area contributed by atoms with Crippen molar-refractivity contribution in [2.24, 2.45) is 5.92 Å². The first kappa shape index (κ1) is 11.7. The highest BCUT2D eigenvalue weighted by atomic mass is 16.1. The molecule has 3 heteroatoms. The Morgan fingerprint density at radius 2 is 2.27 bits per heavy atom. The van der Waals surface area contributed by atoms with Crippen LogP contribution >= 0.6 is 0 Å². The van der Waals surface area contributed by atoms with Crippen molar-refractivity contribution in [1.29, 1.82) is 0 Å². The van der Waals surface area contributed by atoms with E-state index >= 15 is 0 Å². The smallest absolute Gasteiger partial charge is 0.222 e. The number of aromatic nitrogens is 1. The molecule has 1 aromatic heterocycles. The highest BCUT2D eigenvalue weighted by Crippen LogP contribution is 2.03. The fourth-order valence-electron chi connectivity index (χ4n) is 1.29. The molecule has 1 heterocycles. The molecule has 1 aromatic rings. The van der Waals surface area contributed by atoms with E-state index in [1.807, 2.05) is 32.9 Å². The van der Waals surface area contributed by atoms with E-state index in [4.69, 9.17) is 0 Å². The standard InChI is InChI=1S/C12H18N2O/c1-9(2)12(15)14-8-6-11-10(3)5-4-7-13-11/h4-5,7,9H,6,8H2,1-3H3,(H,14,15). The summed E-state index contributed by atoms with van der Waals surface area (Å²) in [5.74, 6) is 0.151. The van der Waals surface area contributed by atoms with E-state index in [0.29, 0.717) is 6.54 Å². The zero-order valence-corrected chi connectivity index (χ0v) is 9.58. The maximum Gasteiger partial charge on any atom is 0.222 e. The minimum Gasteiger partial charge on any atom is -0.355 e. The van der Waals surface area contributed by atoms with Crippen molar-refractivity contribution in [2.45, 2.75) is 27.2 Å². The van der Waals surface area contributed by atoms with Crippen LogP contribution < -0.4 is 5.32 Å². The molecule has 1 rings (SSSR count). The van der Waals surface area contributed by atoms with Crippen molar-refractivity contribution < 1.29 is 4.79 Å². The van der Waals surface area contributed by atoms with Crippen LogP contribution in [0.1, 0.15) is 25.1 Å². The van der Waals surface area contributed by atoms with E-state index in [2.05, 4.69) is 10.3 Å². The summed E-state index contributed by atoms with van der Waals surface area (Å²) in [6.45, 7) is 6.48. The van der Waals surface area contributed by atoms with Crippen molar-refractivity contribution >= 4 is 5.91 Å². The predicted octanol–water partition coefficient (Wildman–Crippen LogP) is 1.70. The summed E-state index contributed by atoms with van der Waals surface area (Å²) >= 11 is 0. The number of hydrogen-bond acceptors (Lipinski definition) is 2. The van der Waals surface area contributed by atoms with Crippen LogP contribution in [-0.2, 0) is 11.2 Å². The van der Waals surface area contributed by atoms with Gasteiger partial charge in [0.2, 0.25) is 5.91 Å². The number of nitrogens with zero attached hydrogens (tertiary/aromatic N) is 1. The van der Waals surface area contributed by atoms with Gasteiger partial charge >= 0.3 is 0 Å². The van der Waals surface area contributed by atoms with Gasteiger partial charge in [0.25, 0.3) is 0 Å². The van der Waals surface area contributed by atoms with Crippen LogP contribution in [0.5, 0.6) is 0 Å². The monoisotopic (exact) mass is 206 g/mol. The number of rotatable bonds is 4. The number of nitrogens with one attached hydrogen (secondary N) is 1. The third-order valence-corrected chi connectivity index (χ3v) is 2.30. The fraction of sp³-hybridized carbons (Fsp3) is 0.500. The van der Waals surface area contributed by atoms with Crippen molar-refractivity contribution in [3.8, 4) is 0 Å². The Hall–Kier alpha value is -1.38. The van der Waals surface area contributed by atoms with Gasteiger partial charge in [-0.25, -0.2) is 0 Å². The first-order chi connectivity index (χ1) is 7.11. The molecular weight excluding hydrogens is 188 g/mol. The largest absolute Gasteiger partial charge is 0.355 e. The van der Waals surface area contributed by atoms with Gasteiger partial charge in [-0.1, -0.05) is 19.9 Å². The average Bonchev–Trinajstić information content (AvgIpc) is 2.20. The van der Waals surface area contributed by atoms with Crippen LogP contribution in [0.2, 0.25) is 0 Å². The summed E-state index contributed by atoms with van der Waals surface area (Å²) in [5.41, 5.74) is 2.23. The number of carbonyl (C=O) groups excluding carboxylic acids is 1. The summed E-state index contributed by atoms with van der Waals surface area (Å²) in [6.07, 6.45) is 2.58. The lowest BCUT2D eigenvalue weighted by Gasteiger charge is -2.08. The Kier molecular flexibility index (Phi) is 4.28. The SMILES string of the molecule is Cc1cccnc1CCNC(=O)C(C)C. The lowest BCUT2D eigenvalue weighted by molar-refractivity contribution is -0.123. The lowest BCUT2D eigenvalue weighted by atomic mass is 10.1. The molecule has 0 spiro atoms. The van der Waals surface area contributed by atoms with Gasteiger partial charge in [-0.2, -0.15) is 0 Å². The zero-order chi connectivity index (χ0) is 11.3. The molecule has 0 bridgehead atoms. The Morgan fingerprint density at radius 1 is 1.53 bits per heavy atom. The molecular formula is C12H18N2O. The molecule has 0 aliphatic heterocycles. The minimum atomic E-state index is 0.0508. The van der Waals surface area contributed by atoms with Crippen molar-refractivity contribution in [2.75, 3.05) is 6.54 Å². The molecule has 15 heavy (non-hydrogen) atoms. The van der Waals surface area contributed by atoms with E-state index in [1.54, 1.807) is 6.20 Å². The topological polar surface area (TPSA) is 42.0 Å². The van der Waals surface area contributed by atoms with Crippen LogP contribution in [0.3, 0.4) is 0 Å². The molecule has 3 nitrogen and oxygen atoms in total. The van der Waals surface area contributed by atoms with Crippen LogP contribution in [0.25, 0.3) is 0 Å². The van der Waals surface area contributed by atoms with Crippen LogP contribution in [0.15, 0.2) is 18.3 Å². The van der Waals surface area contributed by atoms with E-state index in [9.17, 15) is 4.79 Å². The molecule has 0 radical (unpaired) electrons. The Labute approximate surface area is 90.9 Å². The first-order valence-corrected chi connectivity index (χ1v) is 5.29. The zero-order valence-electron chi connectivity index (χ0n) is 9.58. The van der Waals surface area contributed by atoms with E-state index < -0.39 is 0 Å². The van der Waals surface area contributed by atoms with Crippen LogP contribution in [-0.4, -0.2) is 17.4 Å². The second-order valence-corrected chi connectivity index (χ2v) is 3.96. The molecule has 0 aromatic carbocycles. The number of amides is 1. The Morgan fingerprint density at radius 3 is 2.87 bits per heavy atom. The molecule has 1 N–H and O–H groups in total. The number of carbonyl (C=O) groups is 1. The van der Waals surface area contributed by atoms with Gasteiger partial charge in [-0.15, -0.1) is 0 Å². The van der Waals surface area contributed by atoms with Crippen LogP contribution in [0.4, 0.5) is 0 Å². The van der Waals surface area contributed by atoms with Crippen molar-refractivity contribution in [3.63, 3.8) is 0 Å². The maximum atomic E-state index is 11.3. The maximum absolute atomic E-state index is 11.3. The Balaban J connectivity index is 2.38. The molecule has 1 amide bonds. The van der Waals surface area contributed by atoms with Gasteiger partial charge in [0.05, 0.1) is 0 Å². The van der Waals surface area contributed by atoms with Crippen molar-refractivity contribution in [1.82, 2.24) is 10.3 Å². The molecule has 0 unspecified atom stereocenters. The lowest BCUT2D eigenvalue weighted by Crippen LogP contribution is -2.29. The fourth-order valence-corrected chi connectivity index (χ4v) is 1.29. The molecule has 0 aliphatic rings. The second kappa shape index (κ2) is 5.49. The third kappa shape index (κ3) is 3.70. The molecule has 0 saturated carbocycles. The second-order valence-electron chi connectivity index (χ2n) is 3.96. The van der Waals surface area contributed by atoms with Gasteiger partial charge in [0.15, 0.2) is 0 Å². The van der Waals surface area contributed by atoms with E-state index in [1.165, 1.54) is 5.56 Å². The average molecular weight is 206 g/mol. The molecule has 0 atom stereocenters. The summed E-state index contributed by atoms with van der Waals surface area (Å²) < 4.78 is 0. The van der Waals surface area contributed by atoms with E-state index in [-0.39, 0.29) is 11.8 Å². The highest BCUT2D eigenvalue weighted by Gasteiger charge is 2.05. The molecule has 0 fully saturated rings. The molecule has 0 aliphatic carbocycles. The summed E-state index contributed by atoms with van der Waals surface area (Å²) in [7, 11) is 0. The third-order valence-electron chi connectivity index (χ3n) is 2.30. The Bertz CT molecular complexity index is 334. The van der Waals surface area contributed by atoms with Gasteiger partial charge in [0, 0.05) is 30.8 Å².